The first-order valence-corrected chi connectivity index (χ1v) is 12.9. The van der Waals surface area contributed by atoms with E-state index in [-0.39, 0.29) is 11.7 Å². The van der Waals surface area contributed by atoms with Crippen molar-refractivity contribution in [2.75, 3.05) is 23.7 Å². The minimum Gasteiger partial charge on any atom is -0.325 e. The molecule has 2 N–H and O–H groups in total. The molecule has 11 heteroatoms. The molecule has 0 aromatic carbocycles. The van der Waals surface area contributed by atoms with Crippen molar-refractivity contribution in [1.29, 1.82) is 0 Å². The molecule has 11 nitrogen and oxygen atoms in total. The van der Waals surface area contributed by atoms with E-state index in [0.717, 1.165) is 37.1 Å². The lowest BCUT2D eigenvalue weighted by Crippen LogP contribution is -2.39. The zero-order valence-electron chi connectivity index (χ0n) is 22.2. The average molecular weight is 516 g/mol. The summed E-state index contributed by atoms with van der Waals surface area (Å²) in [7, 11) is 1.86. The van der Waals surface area contributed by atoms with Crippen LogP contribution in [0.5, 0.6) is 0 Å². The van der Waals surface area contributed by atoms with E-state index in [4.69, 9.17) is 0 Å². The van der Waals surface area contributed by atoms with Crippen molar-refractivity contribution in [3.05, 3.63) is 54.5 Å². The Labute approximate surface area is 221 Å². The average Bonchev–Trinajstić information content (AvgIpc) is 3.52. The molecule has 0 saturated carbocycles. The minimum absolute atomic E-state index is 0.0382. The molecule has 0 radical (unpaired) electrons. The zero-order chi connectivity index (χ0) is 26.8. The number of aromatic nitrogens is 6. The smallest absolute Gasteiger partial charge is 0.294 e. The molecule has 38 heavy (non-hydrogen) atoms. The monoisotopic (exact) mass is 515 g/mol. The highest BCUT2D eigenvalue weighted by molar-refractivity contribution is 6.03. The summed E-state index contributed by atoms with van der Waals surface area (Å²) in [6, 6.07) is 6.01. The van der Waals surface area contributed by atoms with E-state index in [0.29, 0.717) is 41.1 Å². The molecule has 1 fully saturated rings. The predicted octanol–water partition coefficient (Wildman–Crippen LogP) is 3.53. The van der Waals surface area contributed by atoms with Gasteiger partial charge in [0.2, 0.25) is 11.7 Å². The first kappa shape index (κ1) is 25.5. The summed E-state index contributed by atoms with van der Waals surface area (Å²) >= 11 is 0. The number of carbonyl (C=O) groups excluding carboxylic acids is 2. The van der Waals surface area contributed by atoms with Crippen LogP contribution < -0.4 is 10.6 Å². The number of carbonyl (C=O) groups is 2. The van der Waals surface area contributed by atoms with Crippen molar-refractivity contribution in [3.8, 4) is 11.1 Å². The van der Waals surface area contributed by atoms with Crippen molar-refractivity contribution in [2.24, 2.45) is 13.0 Å². The van der Waals surface area contributed by atoms with E-state index in [2.05, 4.69) is 49.7 Å². The maximum Gasteiger partial charge on any atom is 0.294 e. The van der Waals surface area contributed by atoms with Crippen molar-refractivity contribution < 1.29 is 9.59 Å². The van der Waals surface area contributed by atoms with Gasteiger partial charge in [0.25, 0.3) is 5.91 Å². The van der Waals surface area contributed by atoms with Gasteiger partial charge in [0.1, 0.15) is 0 Å². The Morgan fingerprint density at radius 2 is 1.87 bits per heavy atom. The zero-order valence-corrected chi connectivity index (χ0v) is 22.2. The van der Waals surface area contributed by atoms with Gasteiger partial charge in [-0.3, -0.25) is 23.7 Å². The van der Waals surface area contributed by atoms with Crippen LogP contribution in [0.15, 0.2) is 43.0 Å². The Balaban J connectivity index is 1.24. The Hall–Kier alpha value is -4.12. The highest BCUT2D eigenvalue weighted by atomic mass is 16.2. The van der Waals surface area contributed by atoms with Crippen molar-refractivity contribution in [2.45, 2.75) is 46.1 Å². The number of hydrogen-bond donors (Lipinski definition) is 2. The van der Waals surface area contributed by atoms with Crippen LogP contribution in [0.25, 0.3) is 16.8 Å². The topological polar surface area (TPSA) is 122 Å². The van der Waals surface area contributed by atoms with Crippen LogP contribution >= 0.6 is 0 Å². The summed E-state index contributed by atoms with van der Waals surface area (Å²) in [6.45, 7) is 8.27. The SMILES string of the molecule is Cc1ncc(NC(=O)CC2CCN(C(C)C)CC2)cc1NC(=O)c1nnc2cc(-c3cnn(C)c3)ccn12. The van der Waals surface area contributed by atoms with Crippen LogP contribution in [-0.2, 0) is 11.8 Å². The highest BCUT2D eigenvalue weighted by Gasteiger charge is 2.23. The van der Waals surface area contributed by atoms with Gasteiger partial charge in [-0.25, -0.2) is 0 Å². The Bertz CT molecular complexity index is 1460. The van der Waals surface area contributed by atoms with Crippen LogP contribution in [0, 0.1) is 12.8 Å². The number of hydrogen-bond acceptors (Lipinski definition) is 7. The molecule has 0 atom stereocenters. The van der Waals surface area contributed by atoms with Gasteiger partial charge in [-0.05, 0) is 76.4 Å². The lowest BCUT2D eigenvalue weighted by Gasteiger charge is -2.34. The second-order valence-electron chi connectivity index (χ2n) is 10.2. The number of amides is 2. The predicted molar refractivity (Wildman–Crippen MR) is 145 cm³/mol. The second kappa shape index (κ2) is 10.7. The van der Waals surface area contributed by atoms with Crippen LogP contribution in [0.1, 0.15) is 49.4 Å². The number of pyridine rings is 2. The standard InChI is InChI=1S/C27H33N9O2/c1-17(2)35-8-5-19(6-9-35)11-25(37)30-22-13-23(18(3)28-15-22)31-27(38)26-33-32-24-12-20(7-10-36(24)26)21-14-29-34(4)16-21/h7,10,12-17,19H,5-6,8-9,11H2,1-4H3,(H,30,37)(H,31,38). The van der Waals surface area contributed by atoms with Crippen LogP contribution in [0.2, 0.25) is 0 Å². The van der Waals surface area contributed by atoms with E-state index >= 15 is 0 Å². The summed E-state index contributed by atoms with van der Waals surface area (Å²) in [6.07, 6.45) is 9.58. The van der Waals surface area contributed by atoms with E-state index in [1.165, 1.54) is 0 Å². The summed E-state index contributed by atoms with van der Waals surface area (Å²) in [5.74, 6) is 0.0718. The highest BCUT2D eigenvalue weighted by Crippen LogP contribution is 2.24. The fraction of sp³-hybridized carbons (Fsp3) is 0.407. The summed E-state index contributed by atoms with van der Waals surface area (Å²) < 4.78 is 3.36. The fourth-order valence-electron chi connectivity index (χ4n) is 4.85. The molecule has 0 aliphatic carbocycles. The summed E-state index contributed by atoms with van der Waals surface area (Å²) in [5, 5.41) is 18.3. The van der Waals surface area contributed by atoms with E-state index in [9.17, 15) is 9.59 Å². The first-order valence-electron chi connectivity index (χ1n) is 12.9. The number of nitrogens with one attached hydrogen (secondary N) is 2. The number of nitrogens with zero attached hydrogens (tertiary/aromatic N) is 7. The molecular weight excluding hydrogens is 482 g/mol. The molecule has 4 aromatic heterocycles. The maximum atomic E-state index is 13.1. The summed E-state index contributed by atoms with van der Waals surface area (Å²) in [4.78, 5) is 32.6. The second-order valence-corrected chi connectivity index (χ2v) is 10.2. The van der Waals surface area contributed by atoms with Crippen molar-refractivity contribution >= 4 is 28.8 Å². The molecule has 1 aliphatic heterocycles. The lowest BCUT2D eigenvalue weighted by atomic mass is 9.92. The van der Waals surface area contributed by atoms with E-state index in [1.54, 1.807) is 40.7 Å². The van der Waals surface area contributed by atoms with E-state index in [1.807, 2.05) is 25.4 Å². The Kier molecular flexibility index (Phi) is 7.19. The molecule has 5 rings (SSSR count). The van der Waals surface area contributed by atoms with Gasteiger partial charge < -0.3 is 15.5 Å². The Morgan fingerprint density at radius 1 is 1.08 bits per heavy atom. The largest absolute Gasteiger partial charge is 0.325 e. The van der Waals surface area contributed by atoms with Crippen molar-refractivity contribution in [1.82, 2.24) is 34.3 Å². The molecule has 0 bridgehead atoms. The van der Waals surface area contributed by atoms with Crippen LogP contribution in [0.3, 0.4) is 0 Å². The first-order chi connectivity index (χ1) is 18.3. The molecule has 1 aliphatic rings. The number of fused-ring (bicyclic) bond motifs is 1. The molecular formula is C27H33N9O2. The molecule has 198 valence electrons. The minimum atomic E-state index is -0.420. The Morgan fingerprint density at radius 3 is 2.58 bits per heavy atom. The fourth-order valence-corrected chi connectivity index (χ4v) is 4.85. The molecule has 0 unspecified atom stereocenters. The molecule has 2 amide bonds. The number of piperidine rings is 1. The van der Waals surface area contributed by atoms with Gasteiger partial charge >= 0.3 is 0 Å². The molecule has 0 spiro atoms. The third-order valence-corrected chi connectivity index (χ3v) is 7.12. The van der Waals surface area contributed by atoms with Gasteiger partial charge in [-0.15, -0.1) is 10.2 Å². The van der Waals surface area contributed by atoms with Crippen LogP contribution in [0.4, 0.5) is 11.4 Å². The molecule has 5 heterocycles. The number of rotatable bonds is 7. The van der Waals surface area contributed by atoms with Gasteiger partial charge in [0.15, 0.2) is 5.65 Å². The number of likely N-dealkylation sites (tertiary alicyclic amines) is 1. The maximum absolute atomic E-state index is 13.1. The normalized spacial score (nSPS) is 14.8. The van der Waals surface area contributed by atoms with Gasteiger partial charge in [0.05, 0.1) is 29.5 Å². The molecule has 1 saturated heterocycles. The van der Waals surface area contributed by atoms with Crippen LogP contribution in [-0.4, -0.2) is 65.2 Å². The molecule has 4 aromatic rings. The van der Waals surface area contributed by atoms with Crippen molar-refractivity contribution in [3.63, 3.8) is 0 Å². The quantitative estimate of drug-likeness (QED) is 0.386. The van der Waals surface area contributed by atoms with Gasteiger partial charge in [0, 0.05) is 37.5 Å². The lowest BCUT2D eigenvalue weighted by molar-refractivity contribution is -0.117. The number of aryl methyl sites for hydroxylation is 2. The third-order valence-electron chi connectivity index (χ3n) is 7.12. The van der Waals surface area contributed by atoms with E-state index < -0.39 is 5.91 Å². The third kappa shape index (κ3) is 5.57. The van der Waals surface area contributed by atoms with Gasteiger partial charge in [-0.2, -0.15) is 5.10 Å². The summed E-state index contributed by atoms with van der Waals surface area (Å²) in [5.41, 5.74) is 4.10. The number of anilines is 2. The van der Waals surface area contributed by atoms with Gasteiger partial charge in [-0.1, -0.05) is 0 Å².